The Hall–Kier alpha value is -1.59. The standard InChI is InChI=1S/C45H83NO8/c1-3-5-7-9-11-13-15-16-17-18-19-20-21-22-23-24-25-27-29-31-33-35-41(49)46-38(37-53-45-44(52)43(51)42(50)40(36-47)54-45)39(48)34-32-30-28-26-14-12-10-8-6-4-2/h14,18-19,26,32,34,38-40,42-45,47-48,50-52H,3-13,15-17,20-25,27-31,33,35-37H2,1-2H3,(H,46,49)/b19-18-,26-14+,34-32+. The molecule has 7 unspecified atom stereocenters. The maximum absolute atomic E-state index is 12.9. The average molecular weight is 766 g/mol. The monoisotopic (exact) mass is 766 g/mol. The number of allylic oxidation sites excluding steroid dienone is 5. The number of aliphatic hydroxyl groups excluding tert-OH is 5. The first-order valence-corrected chi connectivity index (χ1v) is 22.2. The van der Waals surface area contributed by atoms with E-state index in [1.807, 2.05) is 6.08 Å². The van der Waals surface area contributed by atoms with E-state index in [9.17, 15) is 30.3 Å². The van der Waals surface area contributed by atoms with Gasteiger partial charge in [0.1, 0.15) is 24.4 Å². The molecule has 1 saturated heterocycles. The number of unbranched alkanes of at least 4 members (excludes halogenated alkanes) is 22. The van der Waals surface area contributed by atoms with Crippen molar-refractivity contribution < 1.29 is 39.8 Å². The van der Waals surface area contributed by atoms with Crippen LogP contribution >= 0.6 is 0 Å². The minimum atomic E-state index is -1.57. The van der Waals surface area contributed by atoms with E-state index >= 15 is 0 Å². The molecule has 0 bridgehead atoms. The van der Waals surface area contributed by atoms with Gasteiger partial charge in [-0.1, -0.05) is 159 Å². The summed E-state index contributed by atoms with van der Waals surface area (Å²) >= 11 is 0. The Labute approximate surface area is 330 Å². The molecule has 9 heteroatoms. The van der Waals surface area contributed by atoms with E-state index in [-0.39, 0.29) is 12.5 Å². The summed E-state index contributed by atoms with van der Waals surface area (Å²) < 4.78 is 11.2. The van der Waals surface area contributed by atoms with Crippen LogP contribution in [-0.4, -0.2) is 87.5 Å². The normalized spacial score (nSPS) is 21.8. The first kappa shape index (κ1) is 50.4. The predicted octanol–water partition coefficient (Wildman–Crippen LogP) is 8.89. The number of amides is 1. The SMILES string of the molecule is CCCCCC/C=C/CC/C=C/C(O)C(COC1OC(CO)C(O)C(O)C1O)NC(=O)CCCCCCCCCCC/C=C\CCCCCCCCCC. The Morgan fingerprint density at radius 1 is 0.611 bits per heavy atom. The van der Waals surface area contributed by atoms with Crippen molar-refractivity contribution >= 4 is 5.91 Å². The van der Waals surface area contributed by atoms with E-state index in [2.05, 4.69) is 43.5 Å². The van der Waals surface area contributed by atoms with Gasteiger partial charge in [-0.05, 0) is 57.8 Å². The van der Waals surface area contributed by atoms with Gasteiger partial charge in [0.15, 0.2) is 6.29 Å². The molecule has 1 aliphatic rings. The number of ether oxygens (including phenoxy) is 2. The van der Waals surface area contributed by atoms with Gasteiger partial charge in [0.2, 0.25) is 5.91 Å². The molecule has 1 aliphatic heterocycles. The Morgan fingerprint density at radius 3 is 1.57 bits per heavy atom. The van der Waals surface area contributed by atoms with Gasteiger partial charge in [0, 0.05) is 6.42 Å². The van der Waals surface area contributed by atoms with Crippen molar-refractivity contribution in [3.63, 3.8) is 0 Å². The van der Waals surface area contributed by atoms with Gasteiger partial charge in [0.05, 0.1) is 25.4 Å². The molecule has 0 aromatic rings. The van der Waals surface area contributed by atoms with Crippen LogP contribution in [0.5, 0.6) is 0 Å². The maximum atomic E-state index is 12.9. The van der Waals surface area contributed by atoms with E-state index in [1.54, 1.807) is 6.08 Å². The van der Waals surface area contributed by atoms with Crippen LogP contribution in [0.1, 0.15) is 187 Å². The van der Waals surface area contributed by atoms with Crippen molar-refractivity contribution in [3.8, 4) is 0 Å². The molecule has 1 rings (SSSR count). The third-order valence-electron chi connectivity index (χ3n) is 10.4. The quantitative estimate of drug-likeness (QED) is 0.0274. The predicted molar refractivity (Wildman–Crippen MR) is 221 cm³/mol. The number of rotatable bonds is 36. The van der Waals surface area contributed by atoms with Crippen molar-refractivity contribution in [3.05, 3.63) is 36.5 Å². The number of nitrogens with one attached hydrogen (secondary N) is 1. The lowest BCUT2D eigenvalue weighted by Crippen LogP contribution is -2.60. The second-order valence-corrected chi connectivity index (χ2v) is 15.5. The second-order valence-electron chi connectivity index (χ2n) is 15.5. The molecule has 1 fully saturated rings. The van der Waals surface area contributed by atoms with E-state index in [4.69, 9.17) is 9.47 Å². The highest BCUT2D eigenvalue weighted by Gasteiger charge is 2.44. The Morgan fingerprint density at radius 2 is 1.06 bits per heavy atom. The minimum absolute atomic E-state index is 0.192. The zero-order valence-corrected chi connectivity index (χ0v) is 34.5. The third-order valence-corrected chi connectivity index (χ3v) is 10.4. The third kappa shape index (κ3) is 26.3. The Balaban J connectivity index is 2.31. The van der Waals surface area contributed by atoms with Crippen molar-refractivity contribution in [2.75, 3.05) is 13.2 Å². The van der Waals surface area contributed by atoms with Gasteiger partial charge in [-0.25, -0.2) is 0 Å². The molecule has 7 atom stereocenters. The number of hydrogen-bond donors (Lipinski definition) is 6. The zero-order valence-electron chi connectivity index (χ0n) is 34.5. The number of carbonyl (C=O) groups excluding carboxylic acids is 1. The number of hydrogen-bond acceptors (Lipinski definition) is 8. The van der Waals surface area contributed by atoms with E-state index in [1.165, 1.54) is 128 Å². The highest BCUT2D eigenvalue weighted by Crippen LogP contribution is 2.22. The first-order chi connectivity index (χ1) is 26.3. The summed E-state index contributed by atoms with van der Waals surface area (Å²) in [6.07, 6.45) is 36.3. The van der Waals surface area contributed by atoms with E-state index < -0.39 is 49.5 Å². The fraction of sp³-hybridized carbons (Fsp3) is 0.844. The zero-order chi connectivity index (χ0) is 39.5. The van der Waals surface area contributed by atoms with Crippen LogP contribution in [0, 0.1) is 0 Å². The molecular formula is C45H83NO8. The molecule has 0 radical (unpaired) electrons. The van der Waals surface area contributed by atoms with Gasteiger partial charge >= 0.3 is 0 Å². The molecular weight excluding hydrogens is 682 g/mol. The van der Waals surface area contributed by atoms with Crippen LogP contribution in [0.25, 0.3) is 0 Å². The maximum Gasteiger partial charge on any atom is 0.220 e. The first-order valence-electron chi connectivity index (χ1n) is 22.2. The van der Waals surface area contributed by atoms with Crippen LogP contribution in [0.4, 0.5) is 0 Å². The lowest BCUT2D eigenvalue weighted by atomic mass is 9.99. The molecule has 1 heterocycles. The minimum Gasteiger partial charge on any atom is -0.394 e. The molecule has 9 nitrogen and oxygen atoms in total. The largest absolute Gasteiger partial charge is 0.394 e. The second kappa shape index (κ2) is 35.8. The molecule has 0 aromatic heterocycles. The van der Waals surface area contributed by atoms with Crippen LogP contribution in [-0.2, 0) is 14.3 Å². The van der Waals surface area contributed by atoms with Gasteiger partial charge < -0.3 is 40.3 Å². The lowest BCUT2D eigenvalue weighted by molar-refractivity contribution is -0.302. The van der Waals surface area contributed by atoms with Gasteiger partial charge in [-0.3, -0.25) is 4.79 Å². The Kier molecular flexibility index (Phi) is 33.4. The summed E-state index contributed by atoms with van der Waals surface area (Å²) in [5, 5.41) is 54.0. The molecule has 0 aromatic carbocycles. The summed E-state index contributed by atoms with van der Waals surface area (Å²) in [5.41, 5.74) is 0. The van der Waals surface area contributed by atoms with Crippen molar-refractivity contribution in [1.29, 1.82) is 0 Å². The number of carbonyl (C=O) groups is 1. The molecule has 0 saturated carbocycles. The summed E-state index contributed by atoms with van der Waals surface area (Å²) in [6.45, 7) is 3.71. The van der Waals surface area contributed by atoms with Gasteiger partial charge in [-0.15, -0.1) is 0 Å². The highest BCUT2D eigenvalue weighted by molar-refractivity contribution is 5.76. The summed E-state index contributed by atoms with van der Waals surface area (Å²) in [4.78, 5) is 12.9. The summed E-state index contributed by atoms with van der Waals surface area (Å²) in [6, 6.07) is -0.819. The van der Waals surface area contributed by atoms with Crippen LogP contribution in [0.3, 0.4) is 0 Å². The number of aliphatic hydroxyl groups is 5. The van der Waals surface area contributed by atoms with E-state index in [0.29, 0.717) is 6.42 Å². The molecule has 316 valence electrons. The molecule has 1 amide bonds. The molecule has 0 aliphatic carbocycles. The van der Waals surface area contributed by atoms with Gasteiger partial charge in [-0.2, -0.15) is 0 Å². The van der Waals surface area contributed by atoms with Crippen molar-refractivity contribution in [2.45, 2.75) is 230 Å². The highest BCUT2D eigenvalue weighted by atomic mass is 16.7. The summed E-state index contributed by atoms with van der Waals surface area (Å²) in [5.74, 6) is -0.192. The molecule has 6 N–H and O–H groups in total. The van der Waals surface area contributed by atoms with Crippen LogP contribution in [0.15, 0.2) is 36.5 Å². The molecule has 54 heavy (non-hydrogen) atoms. The average Bonchev–Trinajstić information content (AvgIpc) is 3.17. The van der Waals surface area contributed by atoms with Crippen LogP contribution in [0.2, 0.25) is 0 Å². The fourth-order valence-electron chi connectivity index (χ4n) is 6.81. The van der Waals surface area contributed by atoms with Crippen molar-refractivity contribution in [2.24, 2.45) is 0 Å². The smallest absolute Gasteiger partial charge is 0.220 e. The topological polar surface area (TPSA) is 149 Å². The fourth-order valence-corrected chi connectivity index (χ4v) is 6.81. The Bertz CT molecular complexity index is 941. The molecule has 0 spiro atoms. The summed E-state index contributed by atoms with van der Waals surface area (Å²) in [7, 11) is 0. The van der Waals surface area contributed by atoms with Crippen molar-refractivity contribution in [1.82, 2.24) is 5.32 Å². The lowest BCUT2D eigenvalue weighted by Gasteiger charge is -2.40. The van der Waals surface area contributed by atoms with Gasteiger partial charge in [0.25, 0.3) is 0 Å². The van der Waals surface area contributed by atoms with E-state index in [0.717, 1.165) is 38.5 Å². The van der Waals surface area contributed by atoms with Crippen LogP contribution < -0.4 is 5.32 Å².